The maximum Gasteiger partial charge on any atom is 0.500 e. The molecule has 0 unspecified atom stereocenters. The fourth-order valence-electron chi connectivity index (χ4n) is 2.35. The number of hydrogen-bond donors (Lipinski definition) is 1. The van der Waals surface area contributed by atoms with Crippen molar-refractivity contribution in [2.24, 2.45) is 0 Å². The van der Waals surface area contributed by atoms with Crippen LogP contribution in [0.25, 0.3) is 0 Å². The van der Waals surface area contributed by atoms with E-state index in [4.69, 9.17) is 22.1 Å². The molecule has 0 aliphatic rings. The second-order valence-corrected chi connectivity index (χ2v) is 11.9. The van der Waals surface area contributed by atoms with Gasteiger partial charge in [0, 0.05) is 41.6 Å². The lowest BCUT2D eigenvalue weighted by atomic mass is 10.4. The fourth-order valence-corrected chi connectivity index (χ4v) is 6.29. The third kappa shape index (κ3) is 7.33. The predicted octanol–water partition coefficient (Wildman–Crippen LogP) is 1.99. The molecule has 0 amide bonds. The molecule has 0 rings (SSSR count). The van der Waals surface area contributed by atoms with Gasteiger partial charge in [0.25, 0.3) is 0 Å². The minimum absolute atomic E-state index is 0.827. The summed E-state index contributed by atoms with van der Waals surface area (Å²) in [6.07, 6.45) is 2.05. The number of rotatable bonds is 14. The SMILES string of the molecule is CC[Si](CCCNCCC[Si](OC)(OC)OC)(OC)OC. The second-order valence-electron chi connectivity index (χ2n) is 4.92. The summed E-state index contributed by atoms with van der Waals surface area (Å²) in [5.41, 5.74) is 0. The van der Waals surface area contributed by atoms with Gasteiger partial charge in [-0.2, -0.15) is 0 Å². The van der Waals surface area contributed by atoms with Crippen LogP contribution in [-0.2, 0) is 22.1 Å². The van der Waals surface area contributed by atoms with E-state index in [1.165, 1.54) is 0 Å². The first-order valence-corrected chi connectivity index (χ1v) is 11.7. The molecule has 8 heteroatoms. The largest absolute Gasteiger partial charge is 0.500 e. The van der Waals surface area contributed by atoms with Crippen LogP contribution in [0.15, 0.2) is 0 Å². The van der Waals surface area contributed by atoms with Crippen LogP contribution in [0, 0.1) is 0 Å². The highest BCUT2D eigenvalue weighted by Gasteiger charge is 2.36. The molecule has 6 nitrogen and oxygen atoms in total. The lowest BCUT2D eigenvalue weighted by molar-refractivity contribution is 0.123. The molecule has 0 aromatic carbocycles. The van der Waals surface area contributed by atoms with Crippen molar-refractivity contribution >= 4 is 17.4 Å². The fraction of sp³-hybridized carbons (Fsp3) is 1.00. The summed E-state index contributed by atoms with van der Waals surface area (Å²) in [4.78, 5) is 0. The van der Waals surface area contributed by atoms with Gasteiger partial charge in [0.15, 0.2) is 0 Å². The van der Waals surface area contributed by atoms with Crippen LogP contribution in [0.1, 0.15) is 19.8 Å². The van der Waals surface area contributed by atoms with E-state index in [1.54, 1.807) is 35.5 Å². The van der Waals surface area contributed by atoms with Crippen molar-refractivity contribution in [3.05, 3.63) is 0 Å². The standard InChI is InChI=1S/C13H33NO5Si2/c1-7-20(15-2,16-3)12-8-10-14-11-9-13-21(17-4,18-5)19-6/h14H,7-13H2,1-6H3. The molecular formula is C13H33NO5Si2. The summed E-state index contributed by atoms with van der Waals surface area (Å²) >= 11 is 0. The summed E-state index contributed by atoms with van der Waals surface area (Å²) in [5, 5.41) is 3.44. The Balaban J connectivity index is 3.78. The molecule has 0 aromatic rings. The Kier molecular flexibility index (Phi) is 11.8. The molecule has 0 aliphatic heterocycles. The Morgan fingerprint density at radius 2 is 1.19 bits per heavy atom. The Morgan fingerprint density at radius 1 is 0.714 bits per heavy atom. The zero-order valence-electron chi connectivity index (χ0n) is 14.5. The highest BCUT2D eigenvalue weighted by molar-refractivity contribution is 6.67. The molecule has 0 aromatic heterocycles. The minimum Gasteiger partial charge on any atom is -0.398 e. The quantitative estimate of drug-likeness (QED) is 0.386. The summed E-state index contributed by atoms with van der Waals surface area (Å²) in [5.74, 6) is 0. The maximum absolute atomic E-state index is 5.60. The van der Waals surface area contributed by atoms with Gasteiger partial charge in [-0.05, 0) is 38.0 Å². The van der Waals surface area contributed by atoms with Crippen LogP contribution in [0.3, 0.4) is 0 Å². The molecule has 0 saturated carbocycles. The maximum atomic E-state index is 5.60. The zero-order chi connectivity index (χ0) is 16.2. The molecule has 0 saturated heterocycles. The van der Waals surface area contributed by atoms with Crippen LogP contribution in [0.4, 0.5) is 0 Å². The Bertz CT molecular complexity index is 210. The lowest BCUT2D eigenvalue weighted by Crippen LogP contribution is -2.43. The third-order valence-corrected chi connectivity index (χ3v) is 10.5. The van der Waals surface area contributed by atoms with Gasteiger partial charge in [-0.3, -0.25) is 0 Å². The van der Waals surface area contributed by atoms with Crippen molar-refractivity contribution < 1.29 is 22.1 Å². The molecule has 0 radical (unpaired) electrons. The van der Waals surface area contributed by atoms with Gasteiger partial charge in [0.2, 0.25) is 0 Å². The molecule has 0 heterocycles. The second kappa shape index (κ2) is 11.7. The third-order valence-electron chi connectivity index (χ3n) is 3.96. The smallest absolute Gasteiger partial charge is 0.398 e. The zero-order valence-corrected chi connectivity index (χ0v) is 16.5. The highest BCUT2D eigenvalue weighted by atomic mass is 28.4. The van der Waals surface area contributed by atoms with Crippen LogP contribution in [0.2, 0.25) is 18.1 Å². The monoisotopic (exact) mass is 339 g/mol. The number of nitrogens with one attached hydrogen (secondary N) is 1. The summed E-state index contributed by atoms with van der Waals surface area (Å²) < 4.78 is 27.4. The van der Waals surface area contributed by atoms with E-state index in [0.29, 0.717) is 0 Å². The molecule has 1 N–H and O–H groups in total. The van der Waals surface area contributed by atoms with E-state index in [0.717, 1.165) is 44.1 Å². The van der Waals surface area contributed by atoms with Crippen molar-refractivity contribution in [2.45, 2.75) is 37.9 Å². The van der Waals surface area contributed by atoms with E-state index in [1.807, 2.05) is 0 Å². The van der Waals surface area contributed by atoms with Crippen molar-refractivity contribution in [2.75, 3.05) is 48.6 Å². The first-order chi connectivity index (χ1) is 10.1. The first kappa shape index (κ1) is 21.2. The Labute approximate surface area is 132 Å². The van der Waals surface area contributed by atoms with E-state index in [2.05, 4.69) is 12.2 Å². The Hall–Kier alpha value is 0.194. The van der Waals surface area contributed by atoms with Crippen LogP contribution < -0.4 is 5.32 Å². The van der Waals surface area contributed by atoms with Crippen molar-refractivity contribution in [3.8, 4) is 0 Å². The first-order valence-electron chi connectivity index (χ1n) is 7.54. The van der Waals surface area contributed by atoms with E-state index >= 15 is 0 Å². The Morgan fingerprint density at radius 3 is 1.57 bits per heavy atom. The molecule has 0 fully saturated rings. The predicted molar refractivity (Wildman–Crippen MR) is 88.8 cm³/mol. The van der Waals surface area contributed by atoms with Gasteiger partial charge < -0.3 is 27.4 Å². The van der Waals surface area contributed by atoms with Crippen molar-refractivity contribution in [1.82, 2.24) is 5.32 Å². The van der Waals surface area contributed by atoms with Gasteiger partial charge in [-0.15, -0.1) is 0 Å². The van der Waals surface area contributed by atoms with E-state index in [-0.39, 0.29) is 0 Å². The van der Waals surface area contributed by atoms with Crippen LogP contribution >= 0.6 is 0 Å². The average molecular weight is 340 g/mol. The average Bonchev–Trinajstić information content (AvgIpc) is 2.55. The van der Waals surface area contributed by atoms with E-state index in [9.17, 15) is 0 Å². The van der Waals surface area contributed by atoms with Gasteiger partial charge in [0.05, 0.1) is 0 Å². The summed E-state index contributed by atoms with van der Waals surface area (Å²) in [6.45, 7) is 4.05. The van der Waals surface area contributed by atoms with Crippen molar-refractivity contribution in [3.63, 3.8) is 0 Å². The van der Waals surface area contributed by atoms with Crippen molar-refractivity contribution in [1.29, 1.82) is 0 Å². The normalized spacial score (nSPS) is 12.9. The molecule has 128 valence electrons. The molecule has 0 bridgehead atoms. The lowest BCUT2D eigenvalue weighted by Gasteiger charge is -2.26. The minimum atomic E-state index is -2.41. The molecule has 0 atom stereocenters. The van der Waals surface area contributed by atoms with Crippen LogP contribution in [-0.4, -0.2) is 66.0 Å². The molecule has 0 aliphatic carbocycles. The van der Waals surface area contributed by atoms with Gasteiger partial charge >= 0.3 is 17.4 Å². The van der Waals surface area contributed by atoms with Gasteiger partial charge in [-0.1, -0.05) is 6.92 Å². The van der Waals surface area contributed by atoms with E-state index < -0.39 is 17.4 Å². The summed E-state index contributed by atoms with van der Waals surface area (Å²) in [6, 6.07) is 2.84. The van der Waals surface area contributed by atoms with Crippen LogP contribution in [0.5, 0.6) is 0 Å². The van der Waals surface area contributed by atoms with Gasteiger partial charge in [0.1, 0.15) is 0 Å². The summed E-state index contributed by atoms with van der Waals surface area (Å²) in [7, 11) is 4.14. The molecular weight excluding hydrogens is 306 g/mol. The molecule has 0 spiro atoms. The topological polar surface area (TPSA) is 58.2 Å². The van der Waals surface area contributed by atoms with Gasteiger partial charge in [-0.25, -0.2) is 0 Å². The highest BCUT2D eigenvalue weighted by Crippen LogP contribution is 2.18. The molecule has 21 heavy (non-hydrogen) atoms. The number of hydrogen-bond acceptors (Lipinski definition) is 6.